The van der Waals surface area contributed by atoms with E-state index in [1.54, 1.807) is 17.7 Å². The average Bonchev–Trinajstić information content (AvgIpc) is 2.84. The molecular formula is C26H27FN4O2. The first-order valence-electron chi connectivity index (χ1n) is 11.1. The van der Waals surface area contributed by atoms with Gasteiger partial charge in [0.15, 0.2) is 0 Å². The van der Waals surface area contributed by atoms with E-state index < -0.39 is 5.82 Å². The Morgan fingerprint density at radius 1 is 1.12 bits per heavy atom. The molecule has 0 radical (unpaired) electrons. The van der Waals surface area contributed by atoms with Crippen molar-refractivity contribution in [2.24, 2.45) is 5.73 Å². The Morgan fingerprint density at radius 3 is 2.36 bits per heavy atom. The number of anilines is 1. The summed E-state index contributed by atoms with van der Waals surface area (Å²) in [5.74, 6) is 0.117. The molecule has 6 nitrogen and oxygen atoms in total. The lowest BCUT2D eigenvalue weighted by atomic mass is 9.96. The first-order valence-corrected chi connectivity index (χ1v) is 11.1. The molecule has 0 saturated carbocycles. The molecule has 0 amide bonds. The number of pyridine rings is 1. The summed E-state index contributed by atoms with van der Waals surface area (Å²) in [6.07, 6.45) is 1.62. The number of nitrogens with zero attached hydrogens (tertiary/aromatic N) is 3. The summed E-state index contributed by atoms with van der Waals surface area (Å²) in [5.41, 5.74) is 9.41. The number of halogens is 1. The summed E-state index contributed by atoms with van der Waals surface area (Å²) >= 11 is 0. The Bertz CT molecular complexity index is 1250. The van der Waals surface area contributed by atoms with Crippen molar-refractivity contribution < 1.29 is 9.13 Å². The molecular weight excluding hydrogens is 419 g/mol. The predicted molar refractivity (Wildman–Crippen MR) is 128 cm³/mol. The molecule has 2 N–H and O–H groups in total. The number of piperidine rings is 1. The van der Waals surface area contributed by atoms with E-state index in [9.17, 15) is 9.18 Å². The first kappa shape index (κ1) is 22.6. The zero-order chi connectivity index (χ0) is 23.5. The molecule has 0 aliphatic carbocycles. The van der Waals surface area contributed by atoms with Crippen LogP contribution in [0.25, 0.3) is 22.4 Å². The van der Waals surface area contributed by atoms with E-state index in [2.05, 4.69) is 4.90 Å². The van der Waals surface area contributed by atoms with Crippen LogP contribution in [-0.2, 0) is 6.54 Å². The van der Waals surface area contributed by atoms with E-state index in [0.29, 0.717) is 42.3 Å². The summed E-state index contributed by atoms with van der Waals surface area (Å²) in [7, 11) is 1.60. The van der Waals surface area contributed by atoms with E-state index in [0.717, 1.165) is 24.0 Å². The number of nitriles is 1. The second-order valence-corrected chi connectivity index (χ2v) is 8.20. The molecule has 0 unspecified atom stereocenters. The Balaban J connectivity index is 1.97. The van der Waals surface area contributed by atoms with E-state index in [1.165, 1.54) is 12.1 Å². The molecule has 33 heavy (non-hydrogen) atoms. The lowest BCUT2D eigenvalue weighted by Crippen LogP contribution is -2.42. The van der Waals surface area contributed by atoms with Crippen LogP contribution in [0.15, 0.2) is 53.3 Å². The van der Waals surface area contributed by atoms with Gasteiger partial charge in [0.25, 0.3) is 5.56 Å². The number of benzene rings is 2. The molecule has 0 spiro atoms. The van der Waals surface area contributed by atoms with Crippen molar-refractivity contribution in [2.75, 3.05) is 25.1 Å². The Kier molecular flexibility index (Phi) is 6.47. The van der Waals surface area contributed by atoms with Crippen LogP contribution in [0.1, 0.15) is 25.3 Å². The largest absolute Gasteiger partial charge is 0.497 e. The summed E-state index contributed by atoms with van der Waals surface area (Å²) in [4.78, 5) is 15.7. The Labute approximate surface area is 192 Å². The average molecular weight is 447 g/mol. The van der Waals surface area contributed by atoms with Crippen LogP contribution in [-0.4, -0.2) is 30.8 Å². The van der Waals surface area contributed by atoms with Gasteiger partial charge in [-0.25, -0.2) is 4.39 Å². The van der Waals surface area contributed by atoms with E-state index in [4.69, 9.17) is 15.7 Å². The highest BCUT2D eigenvalue weighted by molar-refractivity contribution is 5.84. The minimum absolute atomic E-state index is 0.0150. The van der Waals surface area contributed by atoms with Gasteiger partial charge in [0.2, 0.25) is 0 Å². The molecule has 0 bridgehead atoms. The lowest BCUT2D eigenvalue weighted by molar-refractivity contribution is 0.415. The zero-order valence-corrected chi connectivity index (χ0v) is 18.8. The predicted octanol–water partition coefficient (Wildman–Crippen LogP) is 4.15. The fraction of sp³-hybridized carbons (Fsp3) is 0.308. The summed E-state index contributed by atoms with van der Waals surface area (Å²) in [6, 6.07) is 15.9. The van der Waals surface area contributed by atoms with Crippen LogP contribution < -0.4 is 20.9 Å². The van der Waals surface area contributed by atoms with Gasteiger partial charge >= 0.3 is 0 Å². The third-order valence-corrected chi connectivity index (χ3v) is 6.23. The van der Waals surface area contributed by atoms with Crippen molar-refractivity contribution >= 4 is 5.69 Å². The van der Waals surface area contributed by atoms with Crippen LogP contribution in [0.3, 0.4) is 0 Å². The molecule has 1 fully saturated rings. The smallest absolute Gasteiger partial charge is 0.274 e. The molecule has 1 aromatic heterocycles. The molecule has 4 rings (SSSR count). The molecule has 1 aliphatic rings. The Morgan fingerprint density at radius 2 is 1.79 bits per heavy atom. The van der Waals surface area contributed by atoms with Gasteiger partial charge in [0.1, 0.15) is 23.3 Å². The number of aromatic nitrogens is 1. The van der Waals surface area contributed by atoms with Crippen molar-refractivity contribution in [3.8, 4) is 34.2 Å². The molecule has 2 heterocycles. The topological polar surface area (TPSA) is 84.3 Å². The van der Waals surface area contributed by atoms with Crippen molar-refractivity contribution in [3.63, 3.8) is 0 Å². The van der Waals surface area contributed by atoms with Gasteiger partial charge in [-0.1, -0.05) is 6.07 Å². The standard InChI is InChI=1S/C26H27FN4O2/c1-3-31-25(17-6-8-21(33-2)9-7-17)22(18-4-5-19(16-28)23(27)14-18)15-24(26(31)32)30-12-10-20(29)11-13-30/h4-9,14-15,20H,3,10-13,29H2,1-2H3. The number of hydrogen-bond donors (Lipinski definition) is 1. The molecule has 3 aromatic rings. The fourth-order valence-electron chi connectivity index (χ4n) is 4.37. The number of methoxy groups -OCH3 is 1. The number of nitrogens with two attached hydrogens (primary N) is 1. The number of ether oxygens (including phenoxy) is 1. The van der Waals surface area contributed by atoms with Crippen molar-refractivity contribution in [2.45, 2.75) is 32.4 Å². The van der Waals surface area contributed by atoms with Crippen LogP contribution in [0.5, 0.6) is 5.75 Å². The number of hydrogen-bond acceptors (Lipinski definition) is 5. The third kappa shape index (κ3) is 4.35. The highest BCUT2D eigenvalue weighted by Gasteiger charge is 2.24. The van der Waals surface area contributed by atoms with Crippen LogP contribution in [0.4, 0.5) is 10.1 Å². The Hall–Kier alpha value is -3.63. The van der Waals surface area contributed by atoms with Gasteiger partial charge in [0.05, 0.1) is 18.4 Å². The SMILES string of the molecule is CCn1c(-c2ccc(OC)cc2)c(-c2ccc(C#N)c(F)c2)cc(N2CCC(N)CC2)c1=O. The molecule has 0 atom stereocenters. The third-order valence-electron chi connectivity index (χ3n) is 6.23. The highest BCUT2D eigenvalue weighted by Crippen LogP contribution is 2.35. The van der Waals surface area contributed by atoms with E-state index >= 15 is 0 Å². The van der Waals surface area contributed by atoms with Crippen LogP contribution in [0, 0.1) is 17.1 Å². The summed E-state index contributed by atoms with van der Waals surface area (Å²) in [6.45, 7) is 3.77. The minimum atomic E-state index is -0.588. The second kappa shape index (κ2) is 9.47. The molecule has 7 heteroatoms. The molecule has 170 valence electrons. The first-order chi connectivity index (χ1) is 16.0. The van der Waals surface area contributed by atoms with Crippen LogP contribution in [0.2, 0.25) is 0 Å². The minimum Gasteiger partial charge on any atom is -0.497 e. The van der Waals surface area contributed by atoms with Gasteiger partial charge in [-0.05, 0) is 73.4 Å². The van der Waals surface area contributed by atoms with Crippen LogP contribution >= 0.6 is 0 Å². The quantitative estimate of drug-likeness (QED) is 0.637. The molecule has 2 aromatic carbocycles. The fourth-order valence-corrected chi connectivity index (χ4v) is 4.37. The van der Waals surface area contributed by atoms with Crippen molar-refractivity contribution in [1.29, 1.82) is 5.26 Å². The number of rotatable bonds is 5. The van der Waals surface area contributed by atoms with Gasteiger partial charge in [-0.15, -0.1) is 0 Å². The maximum Gasteiger partial charge on any atom is 0.274 e. The summed E-state index contributed by atoms with van der Waals surface area (Å²) < 4.78 is 21.6. The summed E-state index contributed by atoms with van der Waals surface area (Å²) in [5, 5.41) is 9.15. The van der Waals surface area contributed by atoms with E-state index in [-0.39, 0.29) is 17.2 Å². The normalized spacial score (nSPS) is 14.2. The van der Waals surface area contributed by atoms with E-state index in [1.807, 2.05) is 43.3 Å². The lowest BCUT2D eigenvalue weighted by Gasteiger charge is -2.32. The second-order valence-electron chi connectivity index (χ2n) is 8.20. The highest BCUT2D eigenvalue weighted by atomic mass is 19.1. The van der Waals surface area contributed by atoms with Gasteiger partial charge in [-0.2, -0.15) is 5.26 Å². The monoisotopic (exact) mass is 446 g/mol. The molecule has 1 saturated heterocycles. The van der Waals surface area contributed by atoms with Gasteiger partial charge in [-0.3, -0.25) is 4.79 Å². The van der Waals surface area contributed by atoms with Crippen molar-refractivity contribution in [3.05, 3.63) is 70.3 Å². The zero-order valence-electron chi connectivity index (χ0n) is 18.8. The van der Waals surface area contributed by atoms with Gasteiger partial charge < -0.3 is 19.9 Å². The maximum absolute atomic E-state index is 14.6. The maximum atomic E-state index is 14.6. The van der Waals surface area contributed by atoms with Gasteiger partial charge in [0, 0.05) is 31.2 Å². The van der Waals surface area contributed by atoms with Crippen molar-refractivity contribution in [1.82, 2.24) is 4.57 Å². The molecule has 1 aliphatic heterocycles.